The maximum atomic E-state index is 13.8. The number of allylic oxidation sites excluding steroid dienone is 1. The molecule has 0 radical (unpaired) electrons. The van der Waals surface area contributed by atoms with Gasteiger partial charge >= 0.3 is 11.7 Å². The fourth-order valence-corrected chi connectivity index (χ4v) is 5.98. The Kier molecular flexibility index (Phi) is 8.63. The number of aliphatic hydroxyl groups excluding tert-OH is 1. The number of methoxy groups -OCH3 is 1. The van der Waals surface area contributed by atoms with Gasteiger partial charge in [0.15, 0.2) is 5.76 Å². The third-order valence-electron chi connectivity index (χ3n) is 8.41. The Morgan fingerprint density at radius 3 is 2.39 bits per heavy atom. The first-order chi connectivity index (χ1) is 21.4. The van der Waals surface area contributed by atoms with Gasteiger partial charge in [-0.15, -0.1) is 0 Å². The van der Waals surface area contributed by atoms with E-state index in [0.29, 0.717) is 37.9 Å². The molecule has 2 N–H and O–H groups in total. The van der Waals surface area contributed by atoms with E-state index in [0.717, 1.165) is 27.7 Å². The molecule has 44 heavy (non-hydrogen) atoms. The molecule has 4 aromatic rings. The zero-order valence-corrected chi connectivity index (χ0v) is 24.5. The molecule has 1 amide bonds. The van der Waals surface area contributed by atoms with Crippen molar-refractivity contribution in [3.8, 4) is 0 Å². The standard InChI is InChI=1S/C34H35N3O7/c1-42-33(40)25-12-10-24(11-13-25)26-18-30(44-31(19-26)43-21-23-8-6-22(20-38)7-9-23)32(39)36-16-14-27(15-17-36)37-29-5-3-2-4-28(29)35-34(37)41/h2-13,18,26-27,31,38H,14-17,19-21H2,1H3,(H,35,41)/t26-,31+/m0/s1. The van der Waals surface area contributed by atoms with E-state index in [1.807, 2.05) is 66.7 Å². The molecule has 0 unspecified atom stereocenters. The number of amides is 1. The Morgan fingerprint density at radius 2 is 1.68 bits per heavy atom. The molecule has 3 heterocycles. The number of likely N-dealkylation sites (tertiary alicyclic amines) is 1. The van der Waals surface area contributed by atoms with Crippen LogP contribution in [0.3, 0.4) is 0 Å². The summed E-state index contributed by atoms with van der Waals surface area (Å²) in [6.07, 6.45) is 2.92. The van der Waals surface area contributed by atoms with Crippen molar-refractivity contribution in [2.45, 2.75) is 50.7 Å². The molecule has 0 bridgehead atoms. The normalized spacial score (nSPS) is 19.0. The molecular formula is C34H35N3O7. The number of hydrogen-bond donors (Lipinski definition) is 2. The van der Waals surface area contributed by atoms with Crippen LogP contribution in [0.4, 0.5) is 0 Å². The largest absolute Gasteiger partial charge is 0.465 e. The highest BCUT2D eigenvalue weighted by Gasteiger charge is 2.33. The van der Waals surface area contributed by atoms with Crippen LogP contribution in [0.5, 0.6) is 0 Å². The molecule has 2 aliphatic rings. The Hall–Kier alpha value is -4.67. The van der Waals surface area contributed by atoms with Crippen LogP contribution in [0.25, 0.3) is 11.0 Å². The fourth-order valence-electron chi connectivity index (χ4n) is 5.98. The van der Waals surface area contributed by atoms with Crippen molar-refractivity contribution in [3.05, 3.63) is 117 Å². The molecule has 3 aromatic carbocycles. The van der Waals surface area contributed by atoms with E-state index in [4.69, 9.17) is 14.2 Å². The van der Waals surface area contributed by atoms with E-state index in [-0.39, 0.29) is 42.5 Å². The number of aromatic nitrogens is 2. The lowest BCUT2D eigenvalue weighted by Gasteiger charge is -2.35. The van der Waals surface area contributed by atoms with Crippen molar-refractivity contribution in [2.75, 3.05) is 20.2 Å². The van der Waals surface area contributed by atoms with E-state index >= 15 is 0 Å². The van der Waals surface area contributed by atoms with Gasteiger partial charge in [-0.25, -0.2) is 9.59 Å². The van der Waals surface area contributed by atoms with E-state index in [9.17, 15) is 19.5 Å². The summed E-state index contributed by atoms with van der Waals surface area (Å²) in [7, 11) is 1.34. The van der Waals surface area contributed by atoms with E-state index < -0.39 is 12.3 Å². The second kappa shape index (κ2) is 12.9. The minimum Gasteiger partial charge on any atom is -0.465 e. The number of nitrogens with one attached hydrogen (secondary N) is 1. The maximum Gasteiger partial charge on any atom is 0.337 e. The summed E-state index contributed by atoms with van der Waals surface area (Å²) in [6, 6.07) is 22.2. The monoisotopic (exact) mass is 597 g/mol. The number of ether oxygens (including phenoxy) is 3. The molecule has 0 spiro atoms. The third kappa shape index (κ3) is 6.17. The number of aromatic amines is 1. The second-order valence-electron chi connectivity index (χ2n) is 11.2. The maximum absolute atomic E-state index is 13.8. The summed E-state index contributed by atoms with van der Waals surface area (Å²) in [5.41, 5.74) is 4.63. The molecule has 2 aliphatic heterocycles. The summed E-state index contributed by atoms with van der Waals surface area (Å²) in [5, 5.41) is 9.33. The Bertz CT molecular complexity index is 1710. The van der Waals surface area contributed by atoms with Gasteiger partial charge in [-0.3, -0.25) is 9.36 Å². The first-order valence-corrected chi connectivity index (χ1v) is 14.8. The Morgan fingerprint density at radius 1 is 0.977 bits per heavy atom. The second-order valence-corrected chi connectivity index (χ2v) is 11.2. The van der Waals surface area contributed by atoms with Gasteiger partial charge in [0.1, 0.15) is 0 Å². The van der Waals surface area contributed by atoms with Crippen LogP contribution in [0.1, 0.15) is 58.3 Å². The zero-order chi connectivity index (χ0) is 30.6. The van der Waals surface area contributed by atoms with Crippen LogP contribution in [0, 0.1) is 0 Å². The average molecular weight is 598 g/mol. The highest BCUT2D eigenvalue weighted by molar-refractivity contribution is 5.92. The molecule has 1 saturated heterocycles. The number of nitrogens with zero attached hydrogens (tertiary/aromatic N) is 2. The number of imidazole rings is 1. The molecule has 0 aliphatic carbocycles. The predicted molar refractivity (Wildman–Crippen MR) is 163 cm³/mol. The van der Waals surface area contributed by atoms with Crippen molar-refractivity contribution in [1.29, 1.82) is 0 Å². The summed E-state index contributed by atoms with van der Waals surface area (Å²) < 4.78 is 18.9. The van der Waals surface area contributed by atoms with Crippen LogP contribution in [0.15, 0.2) is 89.4 Å². The molecule has 2 atom stereocenters. The van der Waals surface area contributed by atoms with Crippen LogP contribution >= 0.6 is 0 Å². The van der Waals surface area contributed by atoms with Crippen molar-refractivity contribution in [3.63, 3.8) is 0 Å². The van der Waals surface area contributed by atoms with Crippen molar-refractivity contribution in [1.82, 2.24) is 14.5 Å². The molecule has 10 nitrogen and oxygen atoms in total. The number of benzene rings is 3. The summed E-state index contributed by atoms with van der Waals surface area (Å²) in [6.45, 7) is 1.21. The molecule has 1 fully saturated rings. The van der Waals surface area contributed by atoms with Gasteiger partial charge < -0.3 is 29.2 Å². The van der Waals surface area contributed by atoms with Gasteiger partial charge in [-0.05, 0) is 59.9 Å². The highest BCUT2D eigenvalue weighted by Crippen LogP contribution is 2.34. The van der Waals surface area contributed by atoms with Crippen molar-refractivity contribution < 1.29 is 28.9 Å². The summed E-state index contributed by atoms with van der Waals surface area (Å²) >= 11 is 0. The van der Waals surface area contributed by atoms with Crippen LogP contribution < -0.4 is 5.69 Å². The average Bonchev–Trinajstić information content (AvgIpc) is 3.42. The molecular weight excluding hydrogens is 562 g/mol. The lowest BCUT2D eigenvalue weighted by atomic mass is 9.92. The van der Waals surface area contributed by atoms with Crippen molar-refractivity contribution >= 4 is 22.9 Å². The molecule has 10 heteroatoms. The fraction of sp³-hybridized carbons (Fsp3) is 0.324. The van der Waals surface area contributed by atoms with Crippen LogP contribution in [-0.2, 0) is 32.2 Å². The Labute approximate surface area is 254 Å². The lowest BCUT2D eigenvalue weighted by molar-refractivity contribution is -0.156. The number of hydrogen-bond acceptors (Lipinski definition) is 7. The summed E-state index contributed by atoms with van der Waals surface area (Å²) in [4.78, 5) is 43.2. The number of para-hydroxylation sites is 2. The quantitative estimate of drug-likeness (QED) is 0.289. The number of rotatable bonds is 8. The smallest absolute Gasteiger partial charge is 0.337 e. The minimum atomic E-state index is -0.677. The number of piperidine rings is 1. The number of H-pyrrole nitrogens is 1. The van der Waals surface area contributed by atoms with Gasteiger partial charge in [-0.1, -0.05) is 48.5 Å². The molecule has 0 saturated carbocycles. The van der Waals surface area contributed by atoms with E-state index in [1.165, 1.54) is 7.11 Å². The van der Waals surface area contributed by atoms with E-state index in [1.54, 1.807) is 21.6 Å². The van der Waals surface area contributed by atoms with Gasteiger partial charge in [0.2, 0.25) is 6.29 Å². The highest BCUT2D eigenvalue weighted by atomic mass is 16.7. The van der Waals surface area contributed by atoms with Gasteiger partial charge in [0, 0.05) is 31.5 Å². The molecule has 228 valence electrons. The SMILES string of the molecule is COC(=O)c1ccc([C@H]2C=C(C(=O)N3CCC(n4c(=O)[nH]c5ccccc54)CC3)O[C@@H](OCc3ccc(CO)cc3)C2)cc1. The lowest BCUT2D eigenvalue weighted by Crippen LogP contribution is -2.42. The topological polar surface area (TPSA) is 123 Å². The van der Waals surface area contributed by atoms with Gasteiger partial charge in [0.05, 0.1) is 36.9 Å². The van der Waals surface area contributed by atoms with Crippen LogP contribution in [-0.4, -0.2) is 57.9 Å². The van der Waals surface area contributed by atoms with Gasteiger partial charge in [-0.2, -0.15) is 0 Å². The molecule has 1 aromatic heterocycles. The predicted octanol–water partition coefficient (Wildman–Crippen LogP) is 4.40. The number of carbonyl (C=O) groups excluding carboxylic acids is 2. The number of esters is 1. The third-order valence-corrected chi connectivity index (χ3v) is 8.41. The number of aliphatic hydroxyl groups is 1. The number of fused-ring (bicyclic) bond motifs is 1. The first-order valence-electron chi connectivity index (χ1n) is 14.8. The first kappa shape index (κ1) is 29.4. The van der Waals surface area contributed by atoms with Crippen molar-refractivity contribution in [2.24, 2.45) is 0 Å². The van der Waals surface area contributed by atoms with E-state index in [2.05, 4.69) is 4.98 Å². The number of carbonyl (C=O) groups is 2. The minimum absolute atomic E-state index is 0.0154. The van der Waals surface area contributed by atoms with Gasteiger partial charge in [0.25, 0.3) is 5.91 Å². The zero-order valence-electron chi connectivity index (χ0n) is 24.5. The Balaban J connectivity index is 1.18. The van der Waals surface area contributed by atoms with Crippen LogP contribution in [0.2, 0.25) is 0 Å². The summed E-state index contributed by atoms with van der Waals surface area (Å²) in [5.74, 6) is -0.590. The molecule has 6 rings (SSSR count).